The molecule has 2 heterocycles. The van der Waals surface area contributed by atoms with Crippen molar-refractivity contribution in [2.24, 2.45) is 0 Å². The van der Waals surface area contributed by atoms with Crippen LogP contribution in [0.25, 0.3) is 0 Å². The highest BCUT2D eigenvalue weighted by atomic mass is 32.2. The highest BCUT2D eigenvalue weighted by molar-refractivity contribution is 7.98. The molecular formula is C13H17NO3S2. The molecule has 1 atom stereocenters. The average Bonchev–Trinajstić information content (AvgIpc) is 2.81. The lowest BCUT2D eigenvalue weighted by molar-refractivity contribution is -0.142. The zero-order chi connectivity index (χ0) is 14.0. The molecule has 2 rings (SSSR count). The van der Waals surface area contributed by atoms with Crippen LogP contribution in [0.15, 0.2) is 6.07 Å². The largest absolute Gasteiger partial charge is 0.480 e. The Labute approximate surface area is 120 Å². The Hall–Kier alpha value is -1.01. The summed E-state index contributed by atoms with van der Waals surface area (Å²) < 4.78 is 0. The fourth-order valence-corrected chi connectivity index (χ4v) is 4.54. The third kappa shape index (κ3) is 2.95. The molecule has 0 aliphatic carbocycles. The van der Waals surface area contributed by atoms with Crippen molar-refractivity contribution in [3.8, 4) is 0 Å². The van der Waals surface area contributed by atoms with Crippen LogP contribution in [0.4, 0.5) is 0 Å². The Bertz CT molecular complexity index is 475. The molecule has 1 aliphatic heterocycles. The molecule has 1 unspecified atom stereocenters. The number of carboxylic acid groups (broad SMARTS) is 1. The Balaban J connectivity index is 2.19. The summed E-state index contributed by atoms with van der Waals surface area (Å²) in [7, 11) is 1.57. The minimum atomic E-state index is -0.949. The van der Waals surface area contributed by atoms with Crippen molar-refractivity contribution < 1.29 is 14.7 Å². The number of amides is 1. The van der Waals surface area contributed by atoms with Crippen LogP contribution in [0, 0.1) is 0 Å². The number of aryl methyl sites for hydroxylation is 1. The number of nitrogens with zero attached hydrogens (tertiary/aromatic N) is 1. The first-order valence-electron chi connectivity index (χ1n) is 6.23. The number of carbonyl (C=O) groups excluding carboxylic acids is 1. The quantitative estimate of drug-likeness (QED) is 0.928. The molecule has 1 N–H and O–H groups in total. The first-order valence-corrected chi connectivity index (χ1v) is 8.21. The molecule has 19 heavy (non-hydrogen) atoms. The highest BCUT2D eigenvalue weighted by Gasteiger charge is 2.27. The van der Waals surface area contributed by atoms with Crippen molar-refractivity contribution in [1.82, 2.24) is 4.90 Å². The number of hydrogen-bond donors (Lipinski definition) is 1. The van der Waals surface area contributed by atoms with E-state index in [1.54, 1.807) is 14.0 Å². The number of carbonyl (C=O) groups is 2. The minimum absolute atomic E-state index is 0.182. The average molecular weight is 299 g/mol. The SMILES string of the molecule is CCC(C(=O)O)N(C)C(=O)c1cc2c(s1)CCSC2. The third-order valence-corrected chi connectivity index (χ3v) is 5.53. The first-order chi connectivity index (χ1) is 9.04. The maximum absolute atomic E-state index is 12.3. The maximum Gasteiger partial charge on any atom is 0.326 e. The number of thioether (sulfide) groups is 1. The number of hydrogen-bond acceptors (Lipinski definition) is 4. The number of rotatable bonds is 4. The van der Waals surface area contributed by atoms with Gasteiger partial charge in [-0.3, -0.25) is 4.79 Å². The Morgan fingerprint density at radius 3 is 2.84 bits per heavy atom. The maximum atomic E-state index is 12.3. The molecular weight excluding hydrogens is 282 g/mol. The van der Waals surface area contributed by atoms with E-state index >= 15 is 0 Å². The van der Waals surface area contributed by atoms with E-state index in [9.17, 15) is 9.59 Å². The van der Waals surface area contributed by atoms with E-state index in [-0.39, 0.29) is 5.91 Å². The van der Waals surface area contributed by atoms with Crippen molar-refractivity contribution in [3.05, 3.63) is 21.4 Å². The molecule has 1 aliphatic rings. The Morgan fingerprint density at radius 2 is 2.26 bits per heavy atom. The summed E-state index contributed by atoms with van der Waals surface area (Å²) in [6.45, 7) is 1.78. The van der Waals surface area contributed by atoms with Gasteiger partial charge in [0.1, 0.15) is 6.04 Å². The Morgan fingerprint density at radius 1 is 1.53 bits per heavy atom. The molecule has 104 valence electrons. The van der Waals surface area contributed by atoms with Crippen LogP contribution < -0.4 is 0 Å². The molecule has 0 radical (unpaired) electrons. The zero-order valence-corrected chi connectivity index (χ0v) is 12.6. The lowest BCUT2D eigenvalue weighted by Gasteiger charge is -2.23. The number of fused-ring (bicyclic) bond motifs is 1. The minimum Gasteiger partial charge on any atom is -0.480 e. The van der Waals surface area contributed by atoms with Crippen LogP contribution in [0.1, 0.15) is 33.5 Å². The van der Waals surface area contributed by atoms with E-state index in [0.29, 0.717) is 11.3 Å². The zero-order valence-electron chi connectivity index (χ0n) is 11.0. The molecule has 0 aromatic carbocycles. The first kappa shape index (κ1) is 14.4. The second-order valence-electron chi connectivity index (χ2n) is 4.54. The standard InChI is InChI=1S/C13H17NO3S2/c1-3-9(13(16)17)14(2)12(15)11-6-8-7-18-5-4-10(8)19-11/h6,9H,3-5,7H2,1-2H3,(H,16,17). The molecule has 6 heteroatoms. The van der Waals surface area contributed by atoms with E-state index in [4.69, 9.17) is 5.11 Å². The Kier molecular flexibility index (Phi) is 4.52. The van der Waals surface area contributed by atoms with Gasteiger partial charge in [-0.2, -0.15) is 11.8 Å². The molecule has 0 spiro atoms. The number of carboxylic acids is 1. The summed E-state index contributed by atoms with van der Waals surface area (Å²) in [4.78, 5) is 26.7. The van der Waals surface area contributed by atoms with Gasteiger partial charge in [-0.1, -0.05) is 6.92 Å². The van der Waals surface area contributed by atoms with Crippen molar-refractivity contribution >= 4 is 35.0 Å². The van der Waals surface area contributed by atoms with Gasteiger partial charge in [0.25, 0.3) is 5.91 Å². The van der Waals surface area contributed by atoms with E-state index in [0.717, 1.165) is 17.9 Å². The van der Waals surface area contributed by atoms with Crippen LogP contribution in [-0.2, 0) is 17.0 Å². The van der Waals surface area contributed by atoms with Gasteiger partial charge < -0.3 is 10.0 Å². The topological polar surface area (TPSA) is 57.6 Å². The lowest BCUT2D eigenvalue weighted by Crippen LogP contribution is -2.41. The van der Waals surface area contributed by atoms with Gasteiger partial charge >= 0.3 is 5.97 Å². The van der Waals surface area contributed by atoms with Crippen molar-refractivity contribution in [2.45, 2.75) is 31.6 Å². The molecule has 1 aromatic rings. The van der Waals surface area contributed by atoms with Crippen LogP contribution in [0.2, 0.25) is 0 Å². The van der Waals surface area contributed by atoms with E-state index in [2.05, 4.69) is 0 Å². The van der Waals surface area contributed by atoms with Gasteiger partial charge in [0.05, 0.1) is 4.88 Å². The van der Waals surface area contributed by atoms with Gasteiger partial charge in [-0.15, -0.1) is 11.3 Å². The van der Waals surface area contributed by atoms with Crippen molar-refractivity contribution in [2.75, 3.05) is 12.8 Å². The highest BCUT2D eigenvalue weighted by Crippen LogP contribution is 2.32. The fraction of sp³-hybridized carbons (Fsp3) is 0.538. The normalized spacial score (nSPS) is 15.7. The predicted octanol–water partition coefficient (Wildman–Crippen LogP) is 2.47. The molecule has 0 saturated heterocycles. The second-order valence-corrected chi connectivity index (χ2v) is 6.78. The summed E-state index contributed by atoms with van der Waals surface area (Å²) in [6.07, 6.45) is 1.43. The fourth-order valence-electron chi connectivity index (χ4n) is 2.18. The molecule has 1 amide bonds. The van der Waals surface area contributed by atoms with Gasteiger partial charge in [0.2, 0.25) is 0 Å². The smallest absolute Gasteiger partial charge is 0.326 e. The number of likely N-dealkylation sites (N-methyl/N-ethyl adjacent to an activating group) is 1. The van der Waals surface area contributed by atoms with Crippen LogP contribution in [0.3, 0.4) is 0 Å². The summed E-state index contributed by atoms with van der Waals surface area (Å²) in [5.41, 5.74) is 1.24. The lowest BCUT2D eigenvalue weighted by atomic mass is 10.2. The van der Waals surface area contributed by atoms with Gasteiger partial charge in [0.15, 0.2) is 0 Å². The summed E-state index contributed by atoms with van der Waals surface area (Å²) >= 11 is 3.39. The van der Waals surface area contributed by atoms with E-state index < -0.39 is 12.0 Å². The third-order valence-electron chi connectivity index (χ3n) is 3.30. The number of aliphatic carboxylic acids is 1. The molecule has 1 aromatic heterocycles. The van der Waals surface area contributed by atoms with Crippen LogP contribution in [0.5, 0.6) is 0 Å². The molecule has 0 bridgehead atoms. The van der Waals surface area contributed by atoms with Gasteiger partial charge in [0, 0.05) is 17.7 Å². The van der Waals surface area contributed by atoms with Crippen molar-refractivity contribution in [1.29, 1.82) is 0 Å². The van der Waals surface area contributed by atoms with Gasteiger partial charge in [-0.05, 0) is 30.2 Å². The molecule has 0 fully saturated rings. The van der Waals surface area contributed by atoms with E-state index in [1.165, 1.54) is 26.7 Å². The van der Waals surface area contributed by atoms with E-state index in [1.807, 2.05) is 17.8 Å². The van der Waals surface area contributed by atoms with Crippen molar-refractivity contribution in [3.63, 3.8) is 0 Å². The van der Waals surface area contributed by atoms with Gasteiger partial charge in [-0.25, -0.2) is 4.79 Å². The monoisotopic (exact) mass is 299 g/mol. The number of thiophene rings is 1. The summed E-state index contributed by atoms with van der Waals surface area (Å²) in [6, 6.07) is 1.18. The summed E-state index contributed by atoms with van der Waals surface area (Å²) in [5, 5.41) is 9.11. The van der Waals surface area contributed by atoms with Crippen LogP contribution in [-0.4, -0.2) is 40.7 Å². The molecule has 4 nitrogen and oxygen atoms in total. The predicted molar refractivity (Wildman–Crippen MR) is 78.0 cm³/mol. The summed E-state index contributed by atoms with van der Waals surface area (Å²) in [5.74, 6) is 0.928. The van der Waals surface area contributed by atoms with Crippen LogP contribution >= 0.6 is 23.1 Å². The molecule has 0 saturated carbocycles. The second kappa shape index (κ2) is 5.96.